The van der Waals surface area contributed by atoms with Gasteiger partial charge >= 0.3 is 5.97 Å². The standard InChI is InChI=1S/C14H14N2O4/c17-13(15-6-5-14(18)19)9-20-11-7-10-3-1-2-4-12(10)16-8-11/h1-4,7-8H,5-6,9H2,(H,15,17)(H,18,19). The highest BCUT2D eigenvalue weighted by atomic mass is 16.5. The molecule has 2 N–H and O–H groups in total. The number of ether oxygens (including phenoxy) is 1. The summed E-state index contributed by atoms with van der Waals surface area (Å²) in [4.78, 5) is 25.9. The van der Waals surface area contributed by atoms with E-state index >= 15 is 0 Å². The van der Waals surface area contributed by atoms with Crippen molar-refractivity contribution >= 4 is 22.8 Å². The lowest BCUT2D eigenvalue weighted by atomic mass is 10.2. The number of carboxylic acids is 1. The van der Waals surface area contributed by atoms with Crippen molar-refractivity contribution in [1.29, 1.82) is 0 Å². The second-order valence-electron chi connectivity index (χ2n) is 4.15. The maximum absolute atomic E-state index is 11.4. The minimum atomic E-state index is -0.954. The largest absolute Gasteiger partial charge is 0.482 e. The molecule has 0 aliphatic carbocycles. The van der Waals surface area contributed by atoms with E-state index in [4.69, 9.17) is 9.84 Å². The van der Waals surface area contributed by atoms with Crippen LogP contribution >= 0.6 is 0 Å². The molecule has 0 aliphatic heterocycles. The molecule has 0 spiro atoms. The van der Waals surface area contributed by atoms with Crippen molar-refractivity contribution in [2.75, 3.05) is 13.2 Å². The molecule has 0 saturated carbocycles. The minimum Gasteiger partial charge on any atom is -0.482 e. The highest BCUT2D eigenvalue weighted by molar-refractivity contribution is 5.80. The summed E-state index contributed by atoms with van der Waals surface area (Å²) in [5.41, 5.74) is 0.853. The highest BCUT2D eigenvalue weighted by Gasteiger charge is 2.04. The number of pyridine rings is 1. The molecule has 0 saturated heterocycles. The van der Waals surface area contributed by atoms with Gasteiger partial charge in [-0.1, -0.05) is 18.2 Å². The maximum atomic E-state index is 11.4. The van der Waals surface area contributed by atoms with Gasteiger partial charge in [0.05, 0.1) is 18.1 Å². The number of aliphatic carboxylic acids is 1. The van der Waals surface area contributed by atoms with Gasteiger partial charge < -0.3 is 15.2 Å². The van der Waals surface area contributed by atoms with Crippen molar-refractivity contribution in [2.24, 2.45) is 0 Å². The van der Waals surface area contributed by atoms with Crippen LogP contribution in [-0.2, 0) is 9.59 Å². The fraction of sp³-hybridized carbons (Fsp3) is 0.214. The van der Waals surface area contributed by atoms with Gasteiger partial charge in [-0.05, 0) is 12.1 Å². The lowest BCUT2D eigenvalue weighted by Crippen LogP contribution is -2.30. The van der Waals surface area contributed by atoms with Crippen molar-refractivity contribution in [3.8, 4) is 5.75 Å². The van der Waals surface area contributed by atoms with Crippen molar-refractivity contribution in [1.82, 2.24) is 10.3 Å². The van der Waals surface area contributed by atoms with Crippen molar-refractivity contribution in [2.45, 2.75) is 6.42 Å². The lowest BCUT2D eigenvalue weighted by molar-refractivity contribution is -0.137. The van der Waals surface area contributed by atoms with Crippen LogP contribution in [-0.4, -0.2) is 35.1 Å². The van der Waals surface area contributed by atoms with Gasteiger partial charge in [-0.2, -0.15) is 0 Å². The van der Waals surface area contributed by atoms with Gasteiger partial charge in [-0.15, -0.1) is 0 Å². The Balaban J connectivity index is 1.86. The second kappa shape index (κ2) is 6.51. The minimum absolute atomic E-state index is 0.0908. The molecule has 1 aromatic carbocycles. The molecule has 6 nitrogen and oxygen atoms in total. The SMILES string of the molecule is O=C(O)CCNC(=O)COc1cnc2ccccc2c1. The summed E-state index contributed by atoms with van der Waals surface area (Å²) >= 11 is 0. The fourth-order valence-electron chi connectivity index (χ4n) is 1.64. The van der Waals surface area contributed by atoms with Crippen LogP contribution in [0.15, 0.2) is 36.5 Å². The zero-order chi connectivity index (χ0) is 14.4. The molecule has 0 fully saturated rings. The molecule has 0 aliphatic rings. The molecular formula is C14H14N2O4. The summed E-state index contributed by atoms with van der Waals surface area (Å²) in [5, 5.41) is 11.8. The number of benzene rings is 1. The zero-order valence-corrected chi connectivity index (χ0v) is 10.7. The average Bonchev–Trinajstić information content (AvgIpc) is 2.44. The van der Waals surface area contributed by atoms with Gasteiger partial charge in [-0.3, -0.25) is 14.6 Å². The molecule has 20 heavy (non-hydrogen) atoms. The number of fused-ring (bicyclic) bond motifs is 1. The number of amides is 1. The smallest absolute Gasteiger partial charge is 0.305 e. The van der Waals surface area contributed by atoms with E-state index < -0.39 is 5.97 Å². The summed E-state index contributed by atoms with van der Waals surface area (Å²) in [7, 11) is 0. The number of rotatable bonds is 6. The Morgan fingerprint density at radius 3 is 2.90 bits per heavy atom. The van der Waals surface area contributed by atoms with Gasteiger partial charge in [0, 0.05) is 11.9 Å². The first-order chi connectivity index (χ1) is 9.65. The Morgan fingerprint density at radius 1 is 1.30 bits per heavy atom. The molecule has 2 aromatic rings. The molecule has 0 atom stereocenters. The van der Waals surface area contributed by atoms with Crippen LogP contribution in [0.1, 0.15) is 6.42 Å². The van der Waals surface area contributed by atoms with E-state index in [1.165, 1.54) is 0 Å². The third-order valence-corrected chi connectivity index (χ3v) is 2.60. The van der Waals surface area contributed by atoms with Crippen LogP contribution in [0.3, 0.4) is 0 Å². The van der Waals surface area contributed by atoms with E-state index in [1.807, 2.05) is 24.3 Å². The number of carboxylic acid groups (broad SMARTS) is 1. The number of aromatic nitrogens is 1. The number of carbonyl (C=O) groups is 2. The number of nitrogens with one attached hydrogen (secondary N) is 1. The topological polar surface area (TPSA) is 88.5 Å². The average molecular weight is 274 g/mol. The maximum Gasteiger partial charge on any atom is 0.305 e. The third-order valence-electron chi connectivity index (χ3n) is 2.60. The zero-order valence-electron chi connectivity index (χ0n) is 10.7. The molecule has 1 amide bonds. The number of nitrogens with zero attached hydrogens (tertiary/aromatic N) is 1. The molecular weight excluding hydrogens is 260 g/mol. The van der Waals surface area contributed by atoms with Crippen LogP contribution in [0.5, 0.6) is 5.75 Å². The van der Waals surface area contributed by atoms with Crippen molar-refractivity contribution < 1.29 is 19.4 Å². The van der Waals surface area contributed by atoms with E-state index in [-0.39, 0.29) is 25.5 Å². The van der Waals surface area contributed by atoms with Gasteiger partial charge in [0.1, 0.15) is 5.75 Å². The summed E-state index contributed by atoms with van der Waals surface area (Å²) in [5.74, 6) is -0.818. The second-order valence-corrected chi connectivity index (χ2v) is 4.15. The Labute approximate surface area is 115 Å². The number of para-hydroxylation sites is 1. The summed E-state index contributed by atoms with van der Waals surface area (Å²) in [6, 6.07) is 9.38. The summed E-state index contributed by atoms with van der Waals surface area (Å²) < 4.78 is 5.31. The number of hydrogen-bond acceptors (Lipinski definition) is 4. The van der Waals surface area contributed by atoms with E-state index in [9.17, 15) is 9.59 Å². The van der Waals surface area contributed by atoms with Crippen LogP contribution in [0.2, 0.25) is 0 Å². The fourth-order valence-corrected chi connectivity index (χ4v) is 1.64. The van der Waals surface area contributed by atoms with E-state index in [0.29, 0.717) is 5.75 Å². The first-order valence-corrected chi connectivity index (χ1v) is 6.11. The first-order valence-electron chi connectivity index (χ1n) is 6.11. The van der Waals surface area contributed by atoms with Crippen LogP contribution in [0, 0.1) is 0 Å². The van der Waals surface area contributed by atoms with E-state index in [1.54, 1.807) is 12.3 Å². The molecule has 1 heterocycles. The first kappa shape index (κ1) is 13.8. The normalized spacial score (nSPS) is 10.2. The Kier molecular flexibility index (Phi) is 4.49. The Hall–Kier alpha value is -2.63. The van der Waals surface area contributed by atoms with E-state index in [2.05, 4.69) is 10.3 Å². The highest BCUT2D eigenvalue weighted by Crippen LogP contribution is 2.17. The molecule has 104 valence electrons. The predicted molar refractivity (Wildman–Crippen MR) is 72.5 cm³/mol. The van der Waals surface area contributed by atoms with Crippen molar-refractivity contribution in [3.63, 3.8) is 0 Å². The number of hydrogen-bond donors (Lipinski definition) is 2. The molecule has 1 aromatic heterocycles. The van der Waals surface area contributed by atoms with Gasteiger partial charge in [-0.25, -0.2) is 0 Å². The van der Waals surface area contributed by atoms with Gasteiger partial charge in [0.2, 0.25) is 0 Å². The van der Waals surface area contributed by atoms with Crippen LogP contribution < -0.4 is 10.1 Å². The summed E-state index contributed by atoms with van der Waals surface area (Å²) in [6.07, 6.45) is 1.44. The van der Waals surface area contributed by atoms with Crippen molar-refractivity contribution in [3.05, 3.63) is 36.5 Å². The summed E-state index contributed by atoms with van der Waals surface area (Å²) in [6.45, 7) is -0.0763. The quantitative estimate of drug-likeness (QED) is 0.826. The van der Waals surface area contributed by atoms with Gasteiger partial charge in [0.15, 0.2) is 6.61 Å². The van der Waals surface area contributed by atoms with Crippen LogP contribution in [0.25, 0.3) is 10.9 Å². The number of carbonyl (C=O) groups excluding carboxylic acids is 1. The lowest BCUT2D eigenvalue weighted by Gasteiger charge is -2.07. The van der Waals surface area contributed by atoms with Crippen LogP contribution in [0.4, 0.5) is 0 Å². The molecule has 2 rings (SSSR count). The Bertz CT molecular complexity index is 627. The van der Waals surface area contributed by atoms with E-state index in [0.717, 1.165) is 10.9 Å². The Morgan fingerprint density at radius 2 is 2.10 bits per heavy atom. The molecule has 0 radical (unpaired) electrons. The third kappa shape index (κ3) is 3.94. The molecule has 0 bridgehead atoms. The molecule has 6 heteroatoms. The monoisotopic (exact) mass is 274 g/mol. The molecule has 0 unspecified atom stereocenters. The predicted octanol–water partition coefficient (Wildman–Crippen LogP) is 1.20. The van der Waals surface area contributed by atoms with Gasteiger partial charge in [0.25, 0.3) is 5.91 Å².